The third-order valence-corrected chi connectivity index (χ3v) is 4.08. The second kappa shape index (κ2) is 6.92. The number of nitriles is 1. The van der Waals surface area contributed by atoms with Crippen molar-refractivity contribution in [2.24, 2.45) is 0 Å². The van der Waals surface area contributed by atoms with Crippen molar-refractivity contribution in [3.8, 4) is 11.8 Å². The van der Waals surface area contributed by atoms with Crippen molar-refractivity contribution < 1.29 is 14.5 Å². The Bertz CT molecular complexity index is 1000. The smallest absolute Gasteiger partial charge is 0.271 e. The molecule has 2 aromatic rings. The molecule has 0 unspecified atom stereocenters. The number of anilines is 1. The van der Waals surface area contributed by atoms with Gasteiger partial charge in [0.05, 0.1) is 4.92 Å². The molecule has 1 heterocycles. The van der Waals surface area contributed by atoms with E-state index in [0.717, 1.165) is 17.7 Å². The summed E-state index contributed by atoms with van der Waals surface area (Å²) < 4.78 is 5.82. The van der Waals surface area contributed by atoms with Crippen molar-refractivity contribution in [2.75, 3.05) is 5.32 Å². The predicted molar refractivity (Wildman–Crippen MR) is 100 cm³/mol. The number of nitro groups is 1. The summed E-state index contributed by atoms with van der Waals surface area (Å²) in [5.74, 6) is 0.173. The average molecular weight is 363 g/mol. The summed E-state index contributed by atoms with van der Waals surface area (Å²) in [6.45, 7) is 3.99. The molecule has 7 nitrogen and oxygen atoms in total. The molecule has 0 fully saturated rings. The predicted octanol–water partition coefficient (Wildman–Crippen LogP) is 3.85. The number of nitro benzene ring substituents is 1. The minimum Gasteiger partial charge on any atom is -0.487 e. The summed E-state index contributed by atoms with van der Waals surface area (Å²) in [6, 6.07) is 12.9. The molecule has 1 amide bonds. The maximum atomic E-state index is 12.4. The van der Waals surface area contributed by atoms with Crippen LogP contribution in [0.4, 0.5) is 11.4 Å². The lowest BCUT2D eigenvalue weighted by Crippen LogP contribution is -2.24. The molecule has 0 saturated heterocycles. The second-order valence-corrected chi connectivity index (χ2v) is 6.84. The number of hydrogen-bond donors (Lipinski definition) is 1. The van der Waals surface area contributed by atoms with Crippen LogP contribution in [0.1, 0.15) is 25.0 Å². The highest BCUT2D eigenvalue weighted by Crippen LogP contribution is 2.35. The van der Waals surface area contributed by atoms with Gasteiger partial charge in [-0.05, 0) is 49.2 Å². The number of nitrogens with one attached hydrogen (secondary N) is 1. The maximum absolute atomic E-state index is 12.4. The first-order valence-corrected chi connectivity index (χ1v) is 8.27. The third-order valence-electron chi connectivity index (χ3n) is 4.08. The minimum atomic E-state index is -0.630. The molecule has 136 valence electrons. The van der Waals surface area contributed by atoms with Gasteiger partial charge in [0.2, 0.25) is 0 Å². The number of rotatable bonds is 4. The van der Waals surface area contributed by atoms with Gasteiger partial charge in [-0.3, -0.25) is 14.9 Å². The average Bonchev–Trinajstić information content (AvgIpc) is 2.92. The Morgan fingerprint density at radius 3 is 2.81 bits per heavy atom. The van der Waals surface area contributed by atoms with Crippen molar-refractivity contribution in [1.29, 1.82) is 5.26 Å². The van der Waals surface area contributed by atoms with Crippen LogP contribution in [0.2, 0.25) is 0 Å². The van der Waals surface area contributed by atoms with Crippen molar-refractivity contribution in [3.63, 3.8) is 0 Å². The summed E-state index contributed by atoms with van der Waals surface area (Å²) in [7, 11) is 0. The fraction of sp³-hybridized carbons (Fsp3) is 0.200. The molecular formula is C20H17N3O4. The number of fused-ring (bicyclic) bond motifs is 1. The lowest BCUT2D eigenvalue weighted by Gasteiger charge is -2.16. The molecule has 0 saturated carbocycles. The summed E-state index contributed by atoms with van der Waals surface area (Å²) in [4.78, 5) is 22.6. The number of hydrogen-bond acceptors (Lipinski definition) is 5. The zero-order valence-corrected chi connectivity index (χ0v) is 14.9. The van der Waals surface area contributed by atoms with E-state index in [1.807, 2.05) is 32.0 Å². The number of benzene rings is 2. The Hall–Kier alpha value is -3.66. The van der Waals surface area contributed by atoms with Crippen LogP contribution in [0.15, 0.2) is 48.0 Å². The first-order chi connectivity index (χ1) is 12.8. The van der Waals surface area contributed by atoms with Crippen molar-refractivity contribution in [1.82, 2.24) is 0 Å². The van der Waals surface area contributed by atoms with Crippen LogP contribution in [0.25, 0.3) is 6.08 Å². The number of amides is 1. The Balaban J connectivity index is 1.81. The monoisotopic (exact) mass is 363 g/mol. The maximum Gasteiger partial charge on any atom is 0.271 e. The van der Waals surface area contributed by atoms with E-state index in [2.05, 4.69) is 5.32 Å². The summed E-state index contributed by atoms with van der Waals surface area (Å²) >= 11 is 0. The lowest BCUT2D eigenvalue weighted by atomic mass is 9.99. The van der Waals surface area contributed by atoms with Crippen LogP contribution < -0.4 is 10.1 Å². The fourth-order valence-corrected chi connectivity index (χ4v) is 2.93. The summed E-state index contributed by atoms with van der Waals surface area (Å²) in [6.07, 6.45) is 2.23. The van der Waals surface area contributed by atoms with E-state index in [1.165, 1.54) is 30.3 Å². The topological polar surface area (TPSA) is 105 Å². The van der Waals surface area contributed by atoms with E-state index in [0.29, 0.717) is 5.56 Å². The molecule has 3 rings (SSSR count). The summed E-state index contributed by atoms with van der Waals surface area (Å²) in [5.41, 5.74) is 1.46. The van der Waals surface area contributed by atoms with E-state index >= 15 is 0 Å². The molecule has 7 heteroatoms. The molecule has 2 aromatic carbocycles. The quantitative estimate of drug-likeness (QED) is 0.384. The Kier molecular flexibility index (Phi) is 4.65. The van der Waals surface area contributed by atoms with Crippen LogP contribution in [0.3, 0.4) is 0 Å². The van der Waals surface area contributed by atoms with Crippen LogP contribution in [0, 0.1) is 21.4 Å². The van der Waals surface area contributed by atoms with E-state index < -0.39 is 10.8 Å². The Labute approximate surface area is 156 Å². The van der Waals surface area contributed by atoms with E-state index in [4.69, 9.17) is 4.74 Å². The third kappa shape index (κ3) is 4.12. The molecule has 1 aliphatic heterocycles. The summed E-state index contributed by atoms with van der Waals surface area (Å²) in [5, 5.41) is 22.7. The van der Waals surface area contributed by atoms with Gasteiger partial charge in [0.25, 0.3) is 11.6 Å². The van der Waals surface area contributed by atoms with Crippen LogP contribution in [-0.4, -0.2) is 16.4 Å². The molecule has 0 spiro atoms. The largest absolute Gasteiger partial charge is 0.487 e. The van der Waals surface area contributed by atoms with Crippen molar-refractivity contribution >= 4 is 23.4 Å². The van der Waals surface area contributed by atoms with Gasteiger partial charge in [-0.15, -0.1) is 0 Å². The van der Waals surface area contributed by atoms with Gasteiger partial charge in [0.15, 0.2) is 0 Å². The number of carbonyl (C=O) groups excluding carboxylic acids is 1. The van der Waals surface area contributed by atoms with Crippen molar-refractivity contribution in [2.45, 2.75) is 25.9 Å². The van der Waals surface area contributed by atoms with Gasteiger partial charge in [0.1, 0.15) is 23.0 Å². The van der Waals surface area contributed by atoms with Crippen molar-refractivity contribution in [3.05, 3.63) is 69.3 Å². The van der Waals surface area contributed by atoms with Crippen LogP contribution in [0.5, 0.6) is 5.75 Å². The number of nitrogens with zero attached hydrogens (tertiary/aromatic N) is 2. The molecule has 0 bridgehead atoms. The molecule has 0 radical (unpaired) electrons. The van der Waals surface area contributed by atoms with Gasteiger partial charge >= 0.3 is 0 Å². The first-order valence-electron chi connectivity index (χ1n) is 8.27. The van der Waals surface area contributed by atoms with Gasteiger partial charge in [-0.1, -0.05) is 12.1 Å². The standard InChI is InChI=1S/C20H17N3O4/c1-20(2)11-14-8-13(6-7-18(14)27-20)9-15(12-21)19(24)22-16-4-3-5-17(10-16)23(25)26/h3-10H,11H2,1-2H3,(H,22,24)/b15-9-. The lowest BCUT2D eigenvalue weighted by molar-refractivity contribution is -0.384. The highest BCUT2D eigenvalue weighted by Gasteiger charge is 2.29. The van der Waals surface area contributed by atoms with Gasteiger partial charge < -0.3 is 10.1 Å². The molecule has 27 heavy (non-hydrogen) atoms. The second-order valence-electron chi connectivity index (χ2n) is 6.84. The zero-order valence-electron chi connectivity index (χ0n) is 14.9. The first kappa shape index (κ1) is 18.1. The number of ether oxygens (including phenoxy) is 1. The van der Waals surface area contributed by atoms with Crippen LogP contribution >= 0.6 is 0 Å². The number of non-ortho nitro benzene ring substituents is 1. The highest BCUT2D eigenvalue weighted by atomic mass is 16.6. The highest BCUT2D eigenvalue weighted by molar-refractivity contribution is 6.09. The van der Waals surface area contributed by atoms with E-state index in [1.54, 1.807) is 6.07 Å². The van der Waals surface area contributed by atoms with Gasteiger partial charge in [-0.25, -0.2) is 0 Å². The molecular weight excluding hydrogens is 346 g/mol. The minimum absolute atomic E-state index is 0.0976. The molecule has 1 N–H and O–H groups in total. The Morgan fingerprint density at radius 2 is 2.11 bits per heavy atom. The van der Waals surface area contributed by atoms with E-state index in [-0.39, 0.29) is 22.5 Å². The molecule has 0 aromatic heterocycles. The zero-order chi connectivity index (χ0) is 19.6. The Morgan fingerprint density at radius 1 is 1.33 bits per heavy atom. The molecule has 0 atom stereocenters. The molecule has 0 aliphatic carbocycles. The normalized spacial score (nSPS) is 14.6. The SMILES string of the molecule is CC1(C)Cc2cc(/C=C(/C#N)C(=O)Nc3cccc([N+](=O)[O-])c3)ccc2O1. The van der Waals surface area contributed by atoms with Crippen LogP contribution in [-0.2, 0) is 11.2 Å². The van der Waals surface area contributed by atoms with Gasteiger partial charge in [0, 0.05) is 24.2 Å². The molecule has 1 aliphatic rings. The fourth-order valence-electron chi connectivity index (χ4n) is 2.93. The van der Waals surface area contributed by atoms with E-state index in [9.17, 15) is 20.2 Å². The van der Waals surface area contributed by atoms with Gasteiger partial charge in [-0.2, -0.15) is 5.26 Å². The number of carbonyl (C=O) groups is 1.